The molecule has 10 heteroatoms. The number of hydrazine groups is 1. The van der Waals surface area contributed by atoms with Gasteiger partial charge in [0, 0.05) is 37.5 Å². The Morgan fingerprint density at radius 2 is 1.55 bits per heavy atom. The zero-order valence-electron chi connectivity index (χ0n) is 19.0. The van der Waals surface area contributed by atoms with E-state index in [2.05, 4.69) is 16.0 Å². The van der Waals surface area contributed by atoms with E-state index in [-0.39, 0.29) is 35.2 Å². The first kappa shape index (κ1) is 22.8. The van der Waals surface area contributed by atoms with Gasteiger partial charge in [0.2, 0.25) is 5.91 Å². The summed E-state index contributed by atoms with van der Waals surface area (Å²) in [5.74, 6) is -1.17. The fraction of sp³-hybridized carbons (Fsp3) is 0.522. The molecule has 2 aromatic rings. The molecule has 2 N–H and O–H groups in total. The van der Waals surface area contributed by atoms with Gasteiger partial charge in [-0.1, -0.05) is 18.2 Å². The quantitative estimate of drug-likeness (QED) is 0.685. The summed E-state index contributed by atoms with van der Waals surface area (Å²) in [4.78, 5) is 54.3. The second kappa shape index (κ2) is 9.60. The minimum Gasteiger partial charge on any atom is -0.325 e. The summed E-state index contributed by atoms with van der Waals surface area (Å²) >= 11 is 0. The predicted octanol–water partition coefficient (Wildman–Crippen LogP) is 1.67. The van der Waals surface area contributed by atoms with Crippen molar-refractivity contribution in [2.24, 2.45) is 5.92 Å². The van der Waals surface area contributed by atoms with E-state index in [1.54, 1.807) is 29.2 Å². The number of urea groups is 1. The van der Waals surface area contributed by atoms with Gasteiger partial charge in [-0.25, -0.2) is 9.48 Å². The number of carbonyl (C=O) groups is 3. The molecule has 0 atom stereocenters. The Kier molecular flexibility index (Phi) is 6.62. The Bertz CT molecular complexity index is 1110. The monoisotopic (exact) mass is 454 g/mol. The van der Waals surface area contributed by atoms with E-state index in [4.69, 9.17) is 0 Å². The molecule has 176 valence electrons. The first-order chi connectivity index (χ1) is 15.9. The second-order valence-electron chi connectivity index (χ2n) is 8.92. The van der Waals surface area contributed by atoms with E-state index in [0.29, 0.717) is 36.7 Å². The highest BCUT2D eigenvalue weighted by atomic mass is 16.2. The maximum atomic E-state index is 12.9. The topological polar surface area (TPSA) is 117 Å². The van der Waals surface area contributed by atoms with Crippen molar-refractivity contribution in [3.05, 3.63) is 40.3 Å². The van der Waals surface area contributed by atoms with Crippen molar-refractivity contribution >= 4 is 28.6 Å². The van der Waals surface area contributed by atoms with Crippen molar-refractivity contribution in [3.8, 4) is 0 Å². The van der Waals surface area contributed by atoms with Gasteiger partial charge in [-0.05, 0) is 45.6 Å². The van der Waals surface area contributed by atoms with Crippen molar-refractivity contribution in [3.63, 3.8) is 0 Å². The molecular formula is C23H30N6O4. The van der Waals surface area contributed by atoms with Crippen LogP contribution in [0.25, 0.3) is 10.8 Å². The summed E-state index contributed by atoms with van der Waals surface area (Å²) in [5, 5.41) is 5.08. The lowest BCUT2D eigenvalue weighted by Crippen LogP contribution is -2.50. The van der Waals surface area contributed by atoms with Gasteiger partial charge in [-0.2, -0.15) is 5.10 Å². The lowest BCUT2D eigenvalue weighted by molar-refractivity contribution is -0.127. The van der Waals surface area contributed by atoms with Crippen LogP contribution in [0.4, 0.5) is 4.79 Å². The van der Waals surface area contributed by atoms with E-state index >= 15 is 0 Å². The number of rotatable bonds is 3. The van der Waals surface area contributed by atoms with Gasteiger partial charge in [0.05, 0.1) is 11.4 Å². The van der Waals surface area contributed by atoms with E-state index < -0.39 is 5.91 Å². The molecule has 1 aromatic heterocycles. The Morgan fingerprint density at radius 1 is 0.939 bits per heavy atom. The largest absolute Gasteiger partial charge is 0.325 e. The number of benzene rings is 1. The first-order valence-electron chi connectivity index (χ1n) is 11.5. The number of likely N-dealkylation sites (tertiary alicyclic amines) is 2. The van der Waals surface area contributed by atoms with Crippen molar-refractivity contribution < 1.29 is 14.4 Å². The Labute approximate surface area is 191 Å². The smallest absolute Gasteiger partial charge is 0.319 e. The molecule has 33 heavy (non-hydrogen) atoms. The Balaban J connectivity index is 1.38. The van der Waals surface area contributed by atoms with Crippen molar-refractivity contribution in [1.29, 1.82) is 0 Å². The zero-order valence-corrected chi connectivity index (χ0v) is 19.0. The molecule has 3 heterocycles. The van der Waals surface area contributed by atoms with Crippen LogP contribution in [0.1, 0.15) is 56.1 Å². The predicted molar refractivity (Wildman–Crippen MR) is 122 cm³/mol. The van der Waals surface area contributed by atoms with Crippen molar-refractivity contribution in [2.75, 3.05) is 26.2 Å². The maximum absolute atomic E-state index is 12.9. The number of piperidine rings is 1. The SMILES string of the molecule is CC(C)n1nc(C(=O)NNC(=O)C2CCN(C(=O)N3CCCC3)CC2)c2ccccc2c1=O. The van der Waals surface area contributed by atoms with Crippen LogP contribution >= 0.6 is 0 Å². The van der Waals surface area contributed by atoms with Crippen LogP contribution in [0.5, 0.6) is 0 Å². The molecule has 0 unspecified atom stereocenters. The average molecular weight is 455 g/mol. The van der Waals surface area contributed by atoms with Gasteiger partial charge < -0.3 is 9.80 Å². The van der Waals surface area contributed by atoms with Gasteiger partial charge in [0.1, 0.15) is 0 Å². The van der Waals surface area contributed by atoms with Crippen molar-refractivity contribution in [1.82, 2.24) is 30.4 Å². The molecule has 10 nitrogen and oxygen atoms in total. The van der Waals surface area contributed by atoms with Crippen LogP contribution in [-0.4, -0.2) is 63.6 Å². The average Bonchev–Trinajstić information content (AvgIpc) is 3.37. The Hall–Kier alpha value is -3.43. The lowest BCUT2D eigenvalue weighted by Gasteiger charge is -2.34. The highest BCUT2D eigenvalue weighted by Crippen LogP contribution is 2.20. The molecule has 2 fully saturated rings. The highest BCUT2D eigenvalue weighted by molar-refractivity contribution is 6.05. The molecule has 1 aromatic carbocycles. The minimum atomic E-state index is -0.587. The number of fused-ring (bicyclic) bond motifs is 1. The molecule has 2 saturated heterocycles. The number of aromatic nitrogens is 2. The third kappa shape index (κ3) is 4.69. The van der Waals surface area contributed by atoms with Crippen LogP contribution in [0.2, 0.25) is 0 Å². The summed E-state index contributed by atoms with van der Waals surface area (Å²) < 4.78 is 1.27. The van der Waals surface area contributed by atoms with E-state index in [0.717, 1.165) is 25.9 Å². The van der Waals surface area contributed by atoms with Crippen LogP contribution in [0.3, 0.4) is 0 Å². The number of nitrogens with one attached hydrogen (secondary N) is 2. The van der Waals surface area contributed by atoms with Crippen LogP contribution in [0.15, 0.2) is 29.1 Å². The first-order valence-corrected chi connectivity index (χ1v) is 11.5. The van der Waals surface area contributed by atoms with Gasteiger partial charge in [-0.3, -0.25) is 25.2 Å². The van der Waals surface area contributed by atoms with Gasteiger partial charge in [0.25, 0.3) is 11.5 Å². The fourth-order valence-electron chi connectivity index (χ4n) is 4.45. The molecule has 2 aliphatic heterocycles. The highest BCUT2D eigenvalue weighted by Gasteiger charge is 2.30. The van der Waals surface area contributed by atoms with Crippen LogP contribution in [-0.2, 0) is 4.79 Å². The number of hydrogen-bond donors (Lipinski definition) is 2. The Morgan fingerprint density at radius 3 is 2.18 bits per heavy atom. The molecule has 0 bridgehead atoms. The minimum absolute atomic E-state index is 0.0536. The number of hydrogen-bond acceptors (Lipinski definition) is 5. The number of carbonyl (C=O) groups excluding carboxylic acids is 3. The van der Waals surface area contributed by atoms with E-state index in [9.17, 15) is 19.2 Å². The van der Waals surface area contributed by atoms with E-state index in [1.165, 1.54) is 4.68 Å². The van der Waals surface area contributed by atoms with Gasteiger partial charge >= 0.3 is 6.03 Å². The standard InChI is InChI=1S/C23H30N6O4/c1-15(2)29-22(32)18-8-4-3-7-17(18)19(26-29)21(31)25-24-20(30)16-9-13-28(14-10-16)23(33)27-11-5-6-12-27/h3-4,7-8,15-16H,5-6,9-14H2,1-2H3,(H,24,30)(H,25,31). The summed E-state index contributed by atoms with van der Waals surface area (Å²) in [5.41, 5.74) is 4.75. The molecular weight excluding hydrogens is 424 g/mol. The van der Waals surface area contributed by atoms with Gasteiger partial charge in [0.15, 0.2) is 5.69 Å². The molecule has 4 amide bonds. The molecule has 2 aliphatic rings. The zero-order chi connectivity index (χ0) is 23.5. The summed E-state index contributed by atoms with van der Waals surface area (Å²) in [7, 11) is 0. The second-order valence-corrected chi connectivity index (χ2v) is 8.92. The third-order valence-electron chi connectivity index (χ3n) is 6.34. The van der Waals surface area contributed by atoms with Gasteiger partial charge in [-0.15, -0.1) is 0 Å². The van der Waals surface area contributed by atoms with E-state index in [1.807, 2.05) is 18.7 Å². The molecule has 0 aliphatic carbocycles. The molecule has 4 rings (SSSR count). The number of nitrogens with zero attached hydrogens (tertiary/aromatic N) is 4. The number of amides is 4. The molecule has 0 radical (unpaired) electrons. The van der Waals surface area contributed by atoms with Crippen LogP contribution in [0, 0.1) is 5.92 Å². The normalized spacial score (nSPS) is 16.9. The summed E-state index contributed by atoms with van der Waals surface area (Å²) in [6, 6.07) is 6.62. The summed E-state index contributed by atoms with van der Waals surface area (Å²) in [6.45, 7) is 6.27. The molecule has 0 saturated carbocycles. The van der Waals surface area contributed by atoms with Crippen LogP contribution < -0.4 is 16.4 Å². The summed E-state index contributed by atoms with van der Waals surface area (Å²) in [6.07, 6.45) is 3.17. The maximum Gasteiger partial charge on any atom is 0.319 e. The third-order valence-corrected chi connectivity index (χ3v) is 6.34. The van der Waals surface area contributed by atoms with Crippen molar-refractivity contribution in [2.45, 2.75) is 45.6 Å². The molecule has 0 spiro atoms. The lowest BCUT2D eigenvalue weighted by atomic mass is 9.96. The fourth-order valence-corrected chi connectivity index (χ4v) is 4.45.